The summed E-state index contributed by atoms with van der Waals surface area (Å²) in [6.45, 7) is 0. The maximum absolute atomic E-state index is 5.86. The molecule has 4 bridgehead atoms. The maximum atomic E-state index is 5.86. The predicted molar refractivity (Wildman–Crippen MR) is 65.2 cm³/mol. The van der Waals surface area contributed by atoms with Gasteiger partial charge in [-0.1, -0.05) is 5.16 Å². The lowest BCUT2D eigenvalue weighted by atomic mass is 9.48. The Hall–Kier alpha value is -0.990. The van der Waals surface area contributed by atoms with Crippen LogP contribution in [0.2, 0.25) is 0 Å². The van der Waals surface area contributed by atoms with Crippen molar-refractivity contribution in [3.8, 4) is 0 Å². The fraction of sp³-hybridized carbons (Fsp3) is 0.786. The summed E-state index contributed by atoms with van der Waals surface area (Å²) in [7, 11) is 0. The molecule has 0 radical (unpaired) electrons. The van der Waals surface area contributed by atoms with Gasteiger partial charge in [0.1, 0.15) is 6.26 Å². The highest BCUT2D eigenvalue weighted by Crippen LogP contribution is 2.61. The molecule has 1 heterocycles. The Kier molecular flexibility index (Phi) is 1.92. The zero-order valence-corrected chi connectivity index (χ0v) is 10.2. The van der Waals surface area contributed by atoms with E-state index in [0.29, 0.717) is 11.2 Å². The zero-order chi connectivity index (χ0) is 11.5. The van der Waals surface area contributed by atoms with Crippen molar-refractivity contribution in [1.82, 2.24) is 5.16 Å². The summed E-state index contributed by atoms with van der Waals surface area (Å²) in [5, 5.41) is 3.82. The molecule has 4 fully saturated rings. The third-order valence-electron chi connectivity index (χ3n) is 5.41. The van der Waals surface area contributed by atoms with Crippen molar-refractivity contribution in [2.75, 3.05) is 5.73 Å². The summed E-state index contributed by atoms with van der Waals surface area (Å²) >= 11 is 0. The van der Waals surface area contributed by atoms with E-state index in [-0.39, 0.29) is 0 Å². The minimum Gasteiger partial charge on any atom is -0.381 e. The number of nitrogens with zero attached hydrogens (tertiary/aromatic N) is 1. The Morgan fingerprint density at radius 3 is 2.24 bits per heavy atom. The monoisotopic (exact) mass is 232 g/mol. The summed E-state index contributed by atoms with van der Waals surface area (Å²) in [6, 6.07) is 0. The van der Waals surface area contributed by atoms with Crippen LogP contribution in [0.15, 0.2) is 10.8 Å². The third-order valence-corrected chi connectivity index (χ3v) is 5.41. The van der Waals surface area contributed by atoms with Gasteiger partial charge in [0.05, 0.1) is 0 Å². The van der Waals surface area contributed by atoms with Gasteiger partial charge in [0, 0.05) is 5.56 Å². The predicted octanol–water partition coefficient (Wildman–Crippen LogP) is 3.02. The first kappa shape index (κ1) is 9.98. The van der Waals surface area contributed by atoms with Crippen molar-refractivity contribution in [1.29, 1.82) is 0 Å². The summed E-state index contributed by atoms with van der Waals surface area (Å²) in [6.07, 6.45) is 11.6. The molecule has 3 heteroatoms. The SMILES string of the molecule is Nc1nocc1CC12CC3CC(CC(C3)C1)C2. The molecular formula is C14H20N2O. The van der Waals surface area contributed by atoms with Gasteiger partial charge in [-0.3, -0.25) is 0 Å². The third kappa shape index (κ3) is 1.51. The molecule has 92 valence electrons. The van der Waals surface area contributed by atoms with Crippen LogP contribution in [0.4, 0.5) is 5.82 Å². The van der Waals surface area contributed by atoms with E-state index >= 15 is 0 Å². The second-order valence-electron chi connectivity index (χ2n) is 6.82. The molecule has 2 N–H and O–H groups in total. The molecule has 1 aromatic rings. The number of nitrogens with two attached hydrogens (primary N) is 1. The van der Waals surface area contributed by atoms with Gasteiger partial charge in [0.25, 0.3) is 0 Å². The Labute approximate surface area is 102 Å². The molecule has 0 spiro atoms. The van der Waals surface area contributed by atoms with E-state index in [1.54, 1.807) is 6.26 Å². The average Bonchev–Trinajstić information content (AvgIpc) is 2.61. The topological polar surface area (TPSA) is 52.0 Å². The molecule has 17 heavy (non-hydrogen) atoms. The van der Waals surface area contributed by atoms with Crippen LogP contribution in [0.1, 0.15) is 44.1 Å². The molecule has 0 unspecified atom stereocenters. The number of hydrogen-bond acceptors (Lipinski definition) is 3. The summed E-state index contributed by atoms with van der Waals surface area (Å²) in [5.74, 6) is 3.62. The first-order valence-corrected chi connectivity index (χ1v) is 6.91. The fourth-order valence-electron chi connectivity index (χ4n) is 5.31. The van der Waals surface area contributed by atoms with Crippen molar-refractivity contribution in [2.45, 2.75) is 44.9 Å². The first-order valence-electron chi connectivity index (χ1n) is 6.91. The van der Waals surface area contributed by atoms with Gasteiger partial charge in [-0.25, -0.2) is 0 Å². The van der Waals surface area contributed by atoms with Crippen LogP contribution in [-0.4, -0.2) is 5.16 Å². The normalized spacial score (nSPS) is 43.2. The quantitative estimate of drug-likeness (QED) is 0.852. The average molecular weight is 232 g/mol. The molecule has 5 rings (SSSR count). The van der Waals surface area contributed by atoms with Crippen LogP contribution in [0.5, 0.6) is 0 Å². The standard InChI is InChI=1S/C14H20N2O/c15-13-12(8-17-16-13)7-14-4-9-1-10(5-14)3-11(2-9)6-14/h8-11H,1-7H2,(H2,15,16). The van der Waals surface area contributed by atoms with Gasteiger partial charge in [-0.2, -0.15) is 0 Å². The van der Waals surface area contributed by atoms with E-state index in [1.807, 2.05) is 0 Å². The number of hydrogen-bond donors (Lipinski definition) is 1. The van der Waals surface area contributed by atoms with Gasteiger partial charge in [-0.05, 0) is 68.1 Å². The number of anilines is 1. The molecule has 0 aromatic carbocycles. The van der Waals surface area contributed by atoms with Crippen molar-refractivity contribution < 1.29 is 4.52 Å². The van der Waals surface area contributed by atoms with Crippen molar-refractivity contribution >= 4 is 5.82 Å². The molecule has 4 saturated carbocycles. The lowest BCUT2D eigenvalue weighted by Crippen LogP contribution is -2.47. The van der Waals surface area contributed by atoms with E-state index in [9.17, 15) is 0 Å². The molecule has 0 saturated heterocycles. The van der Waals surface area contributed by atoms with Crippen LogP contribution in [0, 0.1) is 23.2 Å². The zero-order valence-electron chi connectivity index (χ0n) is 10.2. The Balaban J connectivity index is 1.62. The minimum atomic E-state index is 0.536. The second-order valence-corrected chi connectivity index (χ2v) is 6.82. The van der Waals surface area contributed by atoms with E-state index in [4.69, 9.17) is 10.3 Å². The van der Waals surface area contributed by atoms with Gasteiger partial charge >= 0.3 is 0 Å². The second kappa shape index (κ2) is 3.27. The summed E-state index contributed by atoms with van der Waals surface area (Å²) in [4.78, 5) is 0. The molecular weight excluding hydrogens is 212 g/mol. The highest BCUT2D eigenvalue weighted by Gasteiger charge is 2.50. The first-order chi connectivity index (χ1) is 8.22. The van der Waals surface area contributed by atoms with Gasteiger partial charge in [-0.15, -0.1) is 0 Å². The minimum absolute atomic E-state index is 0.536. The van der Waals surface area contributed by atoms with Crippen molar-refractivity contribution in [2.24, 2.45) is 23.2 Å². The Morgan fingerprint density at radius 2 is 1.76 bits per heavy atom. The number of aromatic nitrogens is 1. The molecule has 3 nitrogen and oxygen atoms in total. The van der Waals surface area contributed by atoms with Crippen LogP contribution < -0.4 is 5.73 Å². The van der Waals surface area contributed by atoms with Gasteiger partial charge in [0.2, 0.25) is 0 Å². The Morgan fingerprint density at radius 1 is 1.18 bits per heavy atom. The smallest absolute Gasteiger partial charge is 0.169 e. The van der Waals surface area contributed by atoms with Crippen LogP contribution in [0.3, 0.4) is 0 Å². The van der Waals surface area contributed by atoms with E-state index in [1.165, 1.54) is 38.5 Å². The lowest BCUT2D eigenvalue weighted by Gasteiger charge is -2.57. The number of nitrogen functional groups attached to an aromatic ring is 1. The van der Waals surface area contributed by atoms with E-state index in [2.05, 4.69) is 5.16 Å². The highest BCUT2D eigenvalue weighted by atomic mass is 16.5. The van der Waals surface area contributed by atoms with E-state index in [0.717, 1.165) is 29.7 Å². The highest BCUT2D eigenvalue weighted by molar-refractivity contribution is 5.36. The van der Waals surface area contributed by atoms with Crippen molar-refractivity contribution in [3.05, 3.63) is 11.8 Å². The fourth-order valence-corrected chi connectivity index (χ4v) is 5.31. The molecule has 0 amide bonds. The summed E-state index contributed by atoms with van der Waals surface area (Å²) < 4.78 is 4.98. The molecule has 0 aliphatic heterocycles. The molecule has 0 atom stereocenters. The molecule has 4 aliphatic rings. The van der Waals surface area contributed by atoms with Gasteiger partial charge < -0.3 is 10.3 Å². The van der Waals surface area contributed by atoms with Gasteiger partial charge in [0.15, 0.2) is 5.82 Å². The largest absolute Gasteiger partial charge is 0.381 e. The summed E-state index contributed by atoms with van der Waals surface area (Å²) in [5.41, 5.74) is 7.55. The van der Waals surface area contributed by atoms with Crippen LogP contribution in [0.25, 0.3) is 0 Å². The number of rotatable bonds is 2. The Bertz CT molecular complexity index is 402. The van der Waals surface area contributed by atoms with E-state index < -0.39 is 0 Å². The lowest BCUT2D eigenvalue weighted by molar-refractivity contribution is -0.0521. The molecule has 1 aromatic heterocycles. The van der Waals surface area contributed by atoms with Crippen LogP contribution in [-0.2, 0) is 6.42 Å². The van der Waals surface area contributed by atoms with Crippen molar-refractivity contribution in [3.63, 3.8) is 0 Å². The maximum Gasteiger partial charge on any atom is 0.169 e. The van der Waals surface area contributed by atoms with Crippen LogP contribution >= 0.6 is 0 Å². The molecule has 4 aliphatic carbocycles.